The molecule has 7 heteroatoms. The predicted molar refractivity (Wildman–Crippen MR) is 102 cm³/mol. The monoisotopic (exact) mass is 349 g/mol. The van der Waals surface area contributed by atoms with Crippen LogP contribution in [0.3, 0.4) is 0 Å². The minimum atomic E-state index is -0.348. The normalized spacial score (nSPS) is 10.1. The average molecular weight is 349 g/mol. The number of amides is 2. The lowest BCUT2D eigenvalue weighted by molar-refractivity contribution is 0.262. The Kier molecular flexibility index (Phi) is 5.28. The van der Waals surface area contributed by atoms with E-state index < -0.39 is 0 Å². The number of aromatic nitrogens is 2. The highest BCUT2D eigenvalue weighted by Crippen LogP contribution is 2.23. The second-order valence-corrected chi connectivity index (χ2v) is 5.54. The van der Waals surface area contributed by atoms with Crippen LogP contribution in [0.4, 0.5) is 27.7 Å². The van der Waals surface area contributed by atoms with Crippen LogP contribution in [-0.2, 0) is 0 Å². The van der Waals surface area contributed by atoms with Gasteiger partial charge in [-0.2, -0.15) is 5.10 Å². The molecule has 0 saturated carbocycles. The number of urea groups is 1. The first-order valence-corrected chi connectivity index (χ1v) is 8.02. The minimum Gasteiger partial charge on any atom is -0.495 e. The summed E-state index contributed by atoms with van der Waals surface area (Å²) in [6.45, 7) is 1.88. The van der Waals surface area contributed by atoms with Crippen molar-refractivity contribution in [3.05, 3.63) is 66.4 Å². The maximum atomic E-state index is 12.1. The van der Waals surface area contributed by atoms with Crippen molar-refractivity contribution in [3.8, 4) is 5.75 Å². The standard InChI is InChI=1S/C19H19N5O2/c1-13-7-12-18(24-23-13)20-14-8-10-15(11-9-14)21-19(25)22-16-5-3-4-6-17(16)26-2/h3-12H,1-2H3,(H,20,24)(H2,21,22,25). The van der Waals surface area contributed by atoms with Gasteiger partial charge in [-0.3, -0.25) is 0 Å². The number of carbonyl (C=O) groups is 1. The highest BCUT2D eigenvalue weighted by atomic mass is 16.5. The van der Waals surface area contributed by atoms with Crippen LogP contribution in [0.2, 0.25) is 0 Å². The van der Waals surface area contributed by atoms with Gasteiger partial charge >= 0.3 is 6.03 Å². The molecule has 0 radical (unpaired) electrons. The van der Waals surface area contributed by atoms with Gasteiger partial charge in [0.2, 0.25) is 0 Å². The molecule has 0 aliphatic heterocycles. The lowest BCUT2D eigenvalue weighted by Crippen LogP contribution is -2.19. The first-order valence-electron chi connectivity index (χ1n) is 8.02. The molecule has 0 fully saturated rings. The third-order valence-electron chi connectivity index (χ3n) is 3.57. The van der Waals surface area contributed by atoms with Gasteiger partial charge in [0, 0.05) is 11.4 Å². The Labute approximate surface area is 151 Å². The summed E-state index contributed by atoms with van der Waals surface area (Å²) in [5.41, 5.74) is 2.97. The molecular formula is C19H19N5O2. The summed E-state index contributed by atoms with van der Waals surface area (Å²) in [4.78, 5) is 12.1. The molecule has 0 bridgehead atoms. The summed E-state index contributed by atoms with van der Waals surface area (Å²) in [5, 5.41) is 16.7. The number of nitrogens with zero attached hydrogens (tertiary/aromatic N) is 2. The largest absolute Gasteiger partial charge is 0.495 e. The van der Waals surface area contributed by atoms with Crippen molar-refractivity contribution in [1.82, 2.24) is 10.2 Å². The van der Waals surface area contributed by atoms with Crippen molar-refractivity contribution in [2.24, 2.45) is 0 Å². The van der Waals surface area contributed by atoms with Gasteiger partial charge in [-0.1, -0.05) is 12.1 Å². The zero-order valence-corrected chi connectivity index (χ0v) is 14.5. The van der Waals surface area contributed by atoms with Gasteiger partial charge in [0.25, 0.3) is 0 Å². The van der Waals surface area contributed by atoms with Crippen LogP contribution < -0.4 is 20.7 Å². The SMILES string of the molecule is COc1ccccc1NC(=O)Nc1ccc(Nc2ccc(C)nn2)cc1. The van der Waals surface area contributed by atoms with E-state index in [1.54, 1.807) is 31.4 Å². The van der Waals surface area contributed by atoms with E-state index >= 15 is 0 Å². The maximum Gasteiger partial charge on any atom is 0.323 e. The van der Waals surface area contributed by atoms with Crippen molar-refractivity contribution in [2.45, 2.75) is 6.92 Å². The molecule has 132 valence electrons. The first-order chi connectivity index (χ1) is 12.6. The van der Waals surface area contributed by atoms with Crippen molar-refractivity contribution in [3.63, 3.8) is 0 Å². The third kappa shape index (κ3) is 4.47. The van der Waals surface area contributed by atoms with E-state index in [-0.39, 0.29) is 6.03 Å². The molecule has 0 spiro atoms. The van der Waals surface area contributed by atoms with E-state index in [9.17, 15) is 4.79 Å². The fourth-order valence-corrected chi connectivity index (χ4v) is 2.28. The Morgan fingerprint density at radius 1 is 0.885 bits per heavy atom. The second-order valence-electron chi connectivity index (χ2n) is 5.54. The molecule has 26 heavy (non-hydrogen) atoms. The number of benzene rings is 2. The molecular weight excluding hydrogens is 330 g/mol. The molecule has 0 atom stereocenters. The van der Waals surface area contributed by atoms with Crippen LogP contribution in [0, 0.1) is 6.92 Å². The van der Waals surface area contributed by atoms with Crippen LogP contribution in [-0.4, -0.2) is 23.3 Å². The number of aryl methyl sites for hydroxylation is 1. The van der Waals surface area contributed by atoms with Crippen LogP contribution in [0.15, 0.2) is 60.7 Å². The van der Waals surface area contributed by atoms with E-state index in [1.165, 1.54) is 0 Å². The molecule has 3 rings (SSSR count). The predicted octanol–water partition coefficient (Wildman–Crippen LogP) is 4.18. The van der Waals surface area contributed by atoms with Crippen LogP contribution in [0.25, 0.3) is 0 Å². The first kappa shape index (κ1) is 17.2. The number of rotatable bonds is 5. The van der Waals surface area contributed by atoms with Gasteiger partial charge in [-0.15, -0.1) is 5.10 Å². The Morgan fingerprint density at radius 3 is 2.31 bits per heavy atom. The van der Waals surface area contributed by atoms with Gasteiger partial charge in [0.05, 0.1) is 18.5 Å². The Balaban J connectivity index is 1.60. The second kappa shape index (κ2) is 7.98. The van der Waals surface area contributed by atoms with E-state index in [2.05, 4.69) is 26.1 Å². The number of methoxy groups -OCH3 is 1. The van der Waals surface area contributed by atoms with Crippen LogP contribution in [0.1, 0.15) is 5.69 Å². The molecule has 2 amide bonds. The van der Waals surface area contributed by atoms with Gasteiger partial charge < -0.3 is 20.7 Å². The number of para-hydroxylation sites is 2. The molecule has 0 aliphatic carbocycles. The van der Waals surface area contributed by atoms with Crippen LogP contribution in [0.5, 0.6) is 5.75 Å². The number of ether oxygens (including phenoxy) is 1. The quantitative estimate of drug-likeness (QED) is 0.643. The zero-order valence-electron chi connectivity index (χ0n) is 14.5. The number of nitrogens with one attached hydrogen (secondary N) is 3. The smallest absolute Gasteiger partial charge is 0.323 e. The number of carbonyl (C=O) groups excluding carboxylic acids is 1. The van der Waals surface area contributed by atoms with Gasteiger partial charge in [-0.25, -0.2) is 4.79 Å². The molecule has 1 heterocycles. The van der Waals surface area contributed by atoms with E-state index in [4.69, 9.17) is 4.74 Å². The number of hydrogen-bond donors (Lipinski definition) is 3. The summed E-state index contributed by atoms with van der Waals surface area (Å²) in [6.07, 6.45) is 0. The summed E-state index contributed by atoms with van der Waals surface area (Å²) >= 11 is 0. The van der Waals surface area contributed by atoms with E-state index in [1.807, 2.05) is 43.3 Å². The molecule has 1 aromatic heterocycles. The molecule has 3 aromatic rings. The molecule has 0 unspecified atom stereocenters. The number of hydrogen-bond acceptors (Lipinski definition) is 5. The fraction of sp³-hybridized carbons (Fsp3) is 0.105. The molecule has 2 aromatic carbocycles. The molecule has 7 nitrogen and oxygen atoms in total. The van der Waals surface area contributed by atoms with Crippen molar-refractivity contribution in [2.75, 3.05) is 23.1 Å². The topological polar surface area (TPSA) is 88.2 Å². The minimum absolute atomic E-state index is 0.348. The Bertz CT molecular complexity index is 879. The molecule has 0 saturated heterocycles. The van der Waals surface area contributed by atoms with Crippen molar-refractivity contribution >= 4 is 28.9 Å². The average Bonchev–Trinajstić information content (AvgIpc) is 2.65. The van der Waals surface area contributed by atoms with Gasteiger partial charge in [0.15, 0.2) is 5.82 Å². The Hall–Kier alpha value is -3.61. The van der Waals surface area contributed by atoms with Crippen molar-refractivity contribution in [1.29, 1.82) is 0 Å². The summed E-state index contributed by atoms with van der Waals surface area (Å²) in [7, 11) is 1.56. The fourth-order valence-electron chi connectivity index (χ4n) is 2.28. The van der Waals surface area contributed by atoms with Gasteiger partial charge in [0.1, 0.15) is 5.75 Å². The highest BCUT2D eigenvalue weighted by Gasteiger charge is 2.07. The zero-order chi connectivity index (χ0) is 18.4. The van der Waals surface area contributed by atoms with Crippen LogP contribution >= 0.6 is 0 Å². The van der Waals surface area contributed by atoms with E-state index in [0.717, 1.165) is 11.4 Å². The maximum absolute atomic E-state index is 12.1. The summed E-state index contributed by atoms with van der Waals surface area (Å²) in [5.74, 6) is 1.26. The van der Waals surface area contributed by atoms with E-state index in [0.29, 0.717) is 22.9 Å². The molecule has 3 N–H and O–H groups in total. The molecule has 0 aliphatic rings. The third-order valence-corrected chi connectivity index (χ3v) is 3.57. The Morgan fingerprint density at radius 2 is 1.62 bits per heavy atom. The summed E-state index contributed by atoms with van der Waals surface area (Å²) in [6, 6.07) is 17.9. The van der Waals surface area contributed by atoms with Crippen molar-refractivity contribution < 1.29 is 9.53 Å². The lowest BCUT2D eigenvalue weighted by atomic mass is 10.2. The van der Waals surface area contributed by atoms with Gasteiger partial charge in [-0.05, 0) is 55.5 Å². The lowest BCUT2D eigenvalue weighted by Gasteiger charge is -2.11. The summed E-state index contributed by atoms with van der Waals surface area (Å²) < 4.78 is 5.21. The highest BCUT2D eigenvalue weighted by molar-refractivity contribution is 6.00. The number of anilines is 4.